The third-order valence-corrected chi connectivity index (χ3v) is 3.66. The molecule has 0 atom stereocenters. The third-order valence-electron chi connectivity index (χ3n) is 3.66. The van der Waals surface area contributed by atoms with Crippen LogP contribution in [0.2, 0.25) is 0 Å². The predicted molar refractivity (Wildman–Crippen MR) is 104 cm³/mol. The second-order valence-electron chi connectivity index (χ2n) is 6.62. The molecule has 6 nitrogen and oxygen atoms in total. The topological polar surface area (TPSA) is 79.5 Å². The molecule has 0 heterocycles. The van der Waals surface area contributed by atoms with E-state index in [0.29, 0.717) is 23.5 Å². The first kappa shape index (κ1) is 22.1. The van der Waals surface area contributed by atoms with Crippen LogP contribution in [-0.4, -0.2) is 31.3 Å². The molecule has 3 N–H and O–H groups in total. The van der Waals surface area contributed by atoms with Crippen LogP contribution in [0.15, 0.2) is 48.5 Å². The van der Waals surface area contributed by atoms with Crippen molar-refractivity contribution in [3.05, 3.63) is 54.1 Å². The summed E-state index contributed by atoms with van der Waals surface area (Å²) < 4.78 is 40.3. The molecule has 2 rings (SSSR count). The molecule has 2 amide bonds. The molecule has 0 aliphatic rings. The van der Waals surface area contributed by atoms with E-state index in [1.165, 1.54) is 12.1 Å². The van der Waals surface area contributed by atoms with Gasteiger partial charge in [-0.05, 0) is 42.3 Å². The van der Waals surface area contributed by atoms with Crippen molar-refractivity contribution in [2.24, 2.45) is 5.92 Å². The van der Waals surface area contributed by atoms with Crippen molar-refractivity contribution < 1.29 is 27.5 Å². The lowest BCUT2D eigenvalue weighted by Gasteiger charge is -2.13. The van der Waals surface area contributed by atoms with Crippen molar-refractivity contribution in [2.45, 2.75) is 20.2 Å². The summed E-state index contributed by atoms with van der Waals surface area (Å²) in [7, 11) is 0. The van der Waals surface area contributed by atoms with Crippen molar-refractivity contribution in [1.82, 2.24) is 5.32 Å². The Morgan fingerprint density at radius 1 is 1.03 bits per heavy atom. The molecule has 0 saturated heterocycles. The van der Waals surface area contributed by atoms with Gasteiger partial charge >= 0.3 is 6.36 Å². The molecule has 156 valence electrons. The molecule has 0 aromatic heterocycles. The van der Waals surface area contributed by atoms with Crippen molar-refractivity contribution in [3.63, 3.8) is 0 Å². The average Bonchev–Trinajstić information content (AvgIpc) is 2.65. The lowest BCUT2D eigenvalue weighted by molar-refractivity contribution is -0.274. The van der Waals surface area contributed by atoms with E-state index in [1.54, 1.807) is 24.3 Å². The van der Waals surface area contributed by atoms with Crippen LogP contribution in [0.4, 0.5) is 24.5 Å². The number of rotatable bonds is 8. The largest absolute Gasteiger partial charge is 0.573 e. The molecule has 0 spiro atoms. The van der Waals surface area contributed by atoms with Gasteiger partial charge in [-0.25, -0.2) is 0 Å². The van der Waals surface area contributed by atoms with E-state index in [-0.39, 0.29) is 24.1 Å². The number of halogens is 3. The minimum atomic E-state index is -4.76. The fourth-order valence-electron chi connectivity index (χ4n) is 2.33. The van der Waals surface area contributed by atoms with Gasteiger partial charge in [-0.15, -0.1) is 13.2 Å². The van der Waals surface area contributed by atoms with Gasteiger partial charge in [-0.1, -0.05) is 26.0 Å². The van der Waals surface area contributed by atoms with E-state index in [4.69, 9.17) is 0 Å². The van der Waals surface area contributed by atoms with Crippen molar-refractivity contribution in [1.29, 1.82) is 0 Å². The van der Waals surface area contributed by atoms with Gasteiger partial charge in [0.05, 0.1) is 17.8 Å². The smallest absolute Gasteiger partial charge is 0.406 e. The van der Waals surface area contributed by atoms with Crippen LogP contribution >= 0.6 is 0 Å². The molecular formula is C20H22F3N3O3. The number of anilines is 2. The third kappa shape index (κ3) is 7.73. The summed E-state index contributed by atoms with van der Waals surface area (Å²) in [4.78, 5) is 24.5. The molecule has 0 aliphatic heterocycles. The maximum absolute atomic E-state index is 12.3. The lowest BCUT2D eigenvalue weighted by atomic mass is 10.1. The number of hydrogen-bond acceptors (Lipinski definition) is 4. The highest BCUT2D eigenvalue weighted by molar-refractivity contribution is 6.04. The zero-order valence-electron chi connectivity index (χ0n) is 16.0. The minimum Gasteiger partial charge on any atom is -0.406 e. The fraction of sp³-hybridized carbons (Fsp3) is 0.300. The molecule has 9 heteroatoms. The maximum Gasteiger partial charge on any atom is 0.573 e. The summed E-state index contributed by atoms with van der Waals surface area (Å²) >= 11 is 0. The lowest BCUT2D eigenvalue weighted by Crippen LogP contribution is -2.29. The monoisotopic (exact) mass is 409 g/mol. The molecular weight excluding hydrogens is 387 g/mol. The van der Waals surface area contributed by atoms with Crippen LogP contribution < -0.4 is 20.7 Å². The molecule has 2 aromatic carbocycles. The van der Waals surface area contributed by atoms with E-state index >= 15 is 0 Å². The Labute approximate surface area is 166 Å². The van der Waals surface area contributed by atoms with E-state index in [0.717, 1.165) is 12.1 Å². The van der Waals surface area contributed by atoms with Gasteiger partial charge in [0.1, 0.15) is 5.75 Å². The Bertz CT molecular complexity index is 837. The number of carbonyl (C=O) groups is 2. The Hall–Kier alpha value is -3.23. The van der Waals surface area contributed by atoms with Crippen molar-refractivity contribution >= 4 is 23.2 Å². The second-order valence-corrected chi connectivity index (χ2v) is 6.62. The molecule has 2 aromatic rings. The standard InChI is InChI=1S/C20H22F3N3O3/c1-13(2)11-25-19(28)16-5-3-4-6-17(16)26-18(27)12-24-14-7-9-15(10-8-14)29-20(21,22)23/h3-10,13,24H,11-12H2,1-2H3,(H,25,28)(H,26,27). The fourth-order valence-corrected chi connectivity index (χ4v) is 2.33. The van der Waals surface area contributed by atoms with Crippen LogP contribution in [-0.2, 0) is 4.79 Å². The minimum absolute atomic E-state index is 0.137. The number of ether oxygens (including phenoxy) is 1. The Kier molecular flexibility index (Phi) is 7.46. The first-order chi connectivity index (χ1) is 13.6. The normalized spacial score (nSPS) is 11.1. The molecule has 0 bridgehead atoms. The van der Waals surface area contributed by atoms with Crippen LogP contribution in [0.5, 0.6) is 5.75 Å². The number of amides is 2. The first-order valence-electron chi connectivity index (χ1n) is 8.91. The highest BCUT2D eigenvalue weighted by atomic mass is 19.4. The maximum atomic E-state index is 12.3. The van der Waals surface area contributed by atoms with Crippen LogP contribution in [0, 0.1) is 5.92 Å². The van der Waals surface area contributed by atoms with Gasteiger partial charge in [0.15, 0.2) is 0 Å². The zero-order chi connectivity index (χ0) is 21.4. The molecule has 0 fully saturated rings. The van der Waals surface area contributed by atoms with Crippen LogP contribution in [0.3, 0.4) is 0 Å². The highest BCUT2D eigenvalue weighted by Gasteiger charge is 2.30. The van der Waals surface area contributed by atoms with Gasteiger partial charge in [-0.2, -0.15) is 0 Å². The molecule has 0 radical (unpaired) electrons. The summed E-state index contributed by atoms with van der Waals surface area (Å²) in [6.45, 7) is 4.32. The summed E-state index contributed by atoms with van der Waals surface area (Å²) in [5.41, 5.74) is 1.15. The summed E-state index contributed by atoms with van der Waals surface area (Å²) in [6.07, 6.45) is -4.76. The Morgan fingerprint density at radius 2 is 1.69 bits per heavy atom. The van der Waals surface area contributed by atoms with Crippen molar-refractivity contribution in [2.75, 3.05) is 23.7 Å². The zero-order valence-corrected chi connectivity index (χ0v) is 16.0. The number of benzene rings is 2. The molecule has 0 unspecified atom stereocenters. The summed E-state index contributed by atoms with van der Waals surface area (Å²) in [5, 5.41) is 8.24. The molecule has 0 aliphatic carbocycles. The number of para-hydroxylation sites is 1. The molecule has 0 saturated carbocycles. The van der Waals surface area contributed by atoms with Gasteiger partial charge in [0.2, 0.25) is 5.91 Å². The van der Waals surface area contributed by atoms with Crippen LogP contribution in [0.25, 0.3) is 0 Å². The van der Waals surface area contributed by atoms with E-state index in [9.17, 15) is 22.8 Å². The number of nitrogens with one attached hydrogen (secondary N) is 3. The molecule has 29 heavy (non-hydrogen) atoms. The number of alkyl halides is 3. The number of hydrogen-bond donors (Lipinski definition) is 3. The van der Waals surface area contributed by atoms with Gasteiger partial charge in [0.25, 0.3) is 5.91 Å². The van der Waals surface area contributed by atoms with Gasteiger partial charge in [-0.3, -0.25) is 9.59 Å². The first-order valence-corrected chi connectivity index (χ1v) is 8.91. The van der Waals surface area contributed by atoms with Crippen molar-refractivity contribution in [3.8, 4) is 5.75 Å². The van der Waals surface area contributed by atoms with E-state index in [2.05, 4.69) is 20.7 Å². The predicted octanol–water partition coefficient (Wildman–Crippen LogP) is 4.02. The van der Waals surface area contributed by atoms with E-state index < -0.39 is 12.3 Å². The van der Waals surface area contributed by atoms with Crippen LogP contribution in [0.1, 0.15) is 24.2 Å². The average molecular weight is 409 g/mol. The Balaban J connectivity index is 1.92. The van der Waals surface area contributed by atoms with Gasteiger partial charge in [0, 0.05) is 12.2 Å². The van der Waals surface area contributed by atoms with E-state index in [1.807, 2.05) is 13.8 Å². The SMILES string of the molecule is CC(C)CNC(=O)c1ccccc1NC(=O)CNc1ccc(OC(F)(F)F)cc1. The summed E-state index contributed by atoms with van der Waals surface area (Å²) in [5.74, 6) is -0.765. The second kappa shape index (κ2) is 9.81. The highest BCUT2D eigenvalue weighted by Crippen LogP contribution is 2.24. The quantitative estimate of drug-likeness (QED) is 0.615. The van der Waals surface area contributed by atoms with Gasteiger partial charge < -0.3 is 20.7 Å². The summed E-state index contributed by atoms with van der Waals surface area (Å²) in [6, 6.07) is 11.6. The Morgan fingerprint density at radius 3 is 2.31 bits per heavy atom. The number of carbonyl (C=O) groups excluding carboxylic acids is 2.